The van der Waals surface area contributed by atoms with Crippen molar-refractivity contribution >= 4 is 22.8 Å². The van der Waals surface area contributed by atoms with Crippen molar-refractivity contribution in [2.45, 2.75) is 13.0 Å². The van der Waals surface area contributed by atoms with Crippen LogP contribution in [-0.4, -0.2) is 70.1 Å². The van der Waals surface area contributed by atoms with Crippen LogP contribution in [0, 0.1) is 6.92 Å². The van der Waals surface area contributed by atoms with Crippen LogP contribution in [0.2, 0.25) is 0 Å². The molecular weight excluding hydrogens is 456 g/mol. The van der Waals surface area contributed by atoms with Crippen LogP contribution >= 0.6 is 0 Å². The van der Waals surface area contributed by atoms with Crippen LogP contribution in [0.1, 0.15) is 16.2 Å². The molecule has 2 amide bonds. The Morgan fingerprint density at radius 2 is 1.56 bits per heavy atom. The average molecular weight is 483 g/mol. The standard InChI is InChI=1S/C28H26N4O4/c1-19-29-22-17-20(11-12-23(22)32(19)21-7-3-2-4-8-21)27(33)30-13-15-31(16-14-30)28(34)26-18-35-24-9-5-6-10-25(24)36-26/h2-12,17,26H,13-16,18H2,1H3. The fourth-order valence-electron chi connectivity index (χ4n) is 4.89. The predicted molar refractivity (Wildman–Crippen MR) is 135 cm³/mol. The van der Waals surface area contributed by atoms with Crippen molar-refractivity contribution in [1.29, 1.82) is 0 Å². The molecule has 36 heavy (non-hydrogen) atoms. The van der Waals surface area contributed by atoms with E-state index in [-0.39, 0.29) is 18.4 Å². The topological polar surface area (TPSA) is 76.9 Å². The van der Waals surface area contributed by atoms with Gasteiger partial charge in [-0.1, -0.05) is 30.3 Å². The molecule has 0 radical (unpaired) electrons. The molecular formula is C28H26N4O4. The van der Waals surface area contributed by atoms with E-state index in [0.29, 0.717) is 43.2 Å². The van der Waals surface area contributed by atoms with E-state index in [1.165, 1.54) is 0 Å². The zero-order valence-corrected chi connectivity index (χ0v) is 20.0. The number of carbonyl (C=O) groups is 2. The smallest absolute Gasteiger partial charge is 0.267 e. The highest BCUT2D eigenvalue weighted by atomic mass is 16.6. The maximum Gasteiger partial charge on any atom is 0.267 e. The van der Waals surface area contributed by atoms with Gasteiger partial charge in [-0.3, -0.25) is 14.2 Å². The van der Waals surface area contributed by atoms with Crippen molar-refractivity contribution in [2.24, 2.45) is 0 Å². The summed E-state index contributed by atoms with van der Waals surface area (Å²) >= 11 is 0. The summed E-state index contributed by atoms with van der Waals surface area (Å²) in [6.45, 7) is 3.98. The molecule has 3 aromatic carbocycles. The van der Waals surface area contributed by atoms with E-state index >= 15 is 0 Å². The van der Waals surface area contributed by atoms with Crippen LogP contribution in [0.5, 0.6) is 11.5 Å². The van der Waals surface area contributed by atoms with Gasteiger partial charge >= 0.3 is 0 Å². The molecule has 1 unspecified atom stereocenters. The van der Waals surface area contributed by atoms with Crippen LogP contribution in [-0.2, 0) is 4.79 Å². The van der Waals surface area contributed by atoms with Crippen molar-refractivity contribution in [1.82, 2.24) is 19.4 Å². The molecule has 1 atom stereocenters. The van der Waals surface area contributed by atoms with Gasteiger partial charge < -0.3 is 19.3 Å². The van der Waals surface area contributed by atoms with Crippen molar-refractivity contribution in [3.8, 4) is 17.2 Å². The molecule has 8 nitrogen and oxygen atoms in total. The van der Waals surface area contributed by atoms with Gasteiger partial charge in [0.25, 0.3) is 11.8 Å². The van der Waals surface area contributed by atoms with Crippen LogP contribution in [0.15, 0.2) is 72.8 Å². The fraction of sp³-hybridized carbons (Fsp3) is 0.250. The number of carbonyl (C=O) groups excluding carboxylic acids is 2. The van der Waals surface area contributed by atoms with E-state index < -0.39 is 6.10 Å². The summed E-state index contributed by atoms with van der Waals surface area (Å²) in [6.07, 6.45) is -0.674. The zero-order valence-electron chi connectivity index (χ0n) is 20.0. The number of aryl methyl sites for hydroxylation is 1. The number of benzene rings is 3. The van der Waals surface area contributed by atoms with E-state index in [0.717, 1.165) is 22.5 Å². The van der Waals surface area contributed by atoms with E-state index in [4.69, 9.17) is 14.5 Å². The molecule has 0 bridgehead atoms. The lowest BCUT2D eigenvalue weighted by Gasteiger charge is -2.37. The molecule has 0 N–H and O–H groups in total. The Labute approximate surface area is 208 Å². The maximum atomic E-state index is 13.3. The summed E-state index contributed by atoms with van der Waals surface area (Å²) in [7, 11) is 0. The quantitative estimate of drug-likeness (QED) is 0.447. The first-order valence-corrected chi connectivity index (χ1v) is 12.1. The number of rotatable bonds is 3. The summed E-state index contributed by atoms with van der Waals surface area (Å²) in [5.41, 5.74) is 3.38. The molecule has 6 rings (SSSR count). The highest BCUT2D eigenvalue weighted by molar-refractivity contribution is 5.98. The second-order valence-electron chi connectivity index (χ2n) is 9.02. The van der Waals surface area contributed by atoms with Crippen molar-refractivity contribution in [3.63, 3.8) is 0 Å². The SMILES string of the molecule is Cc1nc2cc(C(=O)N3CCN(C(=O)C4COc5ccccc5O4)CC3)ccc2n1-c1ccccc1. The number of amides is 2. The number of para-hydroxylation sites is 3. The summed E-state index contributed by atoms with van der Waals surface area (Å²) in [6, 6.07) is 23.1. The molecule has 3 heterocycles. The van der Waals surface area contributed by atoms with Gasteiger partial charge in [0.2, 0.25) is 6.10 Å². The molecule has 0 aliphatic carbocycles. The van der Waals surface area contributed by atoms with Crippen LogP contribution in [0.25, 0.3) is 16.7 Å². The minimum absolute atomic E-state index is 0.0536. The third-order valence-corrected chi connectivity index (χ3v) is 6.75. The molecule has 1 fully saturated rings. The van der Waals surface area contributed by atoms with Gasteiger partial charge in [0.1, 0.15) is 12.4 Å². The number of aromatic nitrogens is 2. The Morgan fingerprint density at radius 1 is 0.861 bits per heavy atom. The second-order valence-corrected chi connectivity index (χ2v) is 9.02. The fourth-order valence-corrected chi connectivity index (χ4v) is 4.89. The van der Waals surface area contributed by atoms with E-state index in [2.05, 4.69) is 4.57 Å². The second kappa shape index (κ2) is 9.03. The Bertz CT molecular complexity index is 1440. The number of fused-ring (bicyclic) bond motifs is 2. The normalized spacial score (nSPS) is 17.3. The first kappa shape index (κ1) is 22.2. The minimum Gasteiger partial charge on any atom is -0.485 e. The van der Waals surface area contributed by atoms with E-state index in [1.807, 2.05) is 73.7 Å². The summed E-state index contributed by atoms with van der Waals surface area (Å²) in [4.78, 5) is 34.5. The van der Waals surface area contributed by atoms with Crippen molar-refractivity contribution < 1.29 is 19.1 Å². The highest BCUT2D eigenvalue weighted by Gasteiger charge is 2.33. The monoisotopic (exact) mass is 482 g/mol. The third-order valence-electron chi connectivity index (χ3n) is 6.75. The van der Waals surface area contributed by atoms with Gasteiger partial charge in [-0.25, -0.2) is 4.98 Å². The largest absolute Gasteiger partial charge is 0.485 e. The Hall–Kier alpha value is -4.33. The van der Waals surface area contributed by atoms with Crippen LogP contribution in [0.3, 0.4) is 0 Å². The Kier molecular flexibility index (Phi) is 5.56. The first-order chi connectivity index (χ1) is 17.6. The Balaban J connectivity index is 1.12. The number of hydrogen-bond acceptors (Lipinski definition) is 5. The lowest BCUT2D eigenvalue weighted by molar-refractivity contribution is -0.142. The molecule has 1 aromatic heterocycles. The summed E-state index contributed by atoms with van der Waals surface area (Å²) < 4.78 is 13.7. The van der Waals surface area contributed by atoms with Gasteiger partial charge in [-0.05, 0) is 49.4 Å². The van der Waals surface area contributed by atoms with Crippen LogP contribution in [0.4, 0.5) is 0 Å². The minimum atomic E-state index is -0.674. The van der Waals surface area contributed by atoms with E-state index in [9.17, 15) is 9.59 Å². The molecule has 1 saturated heterocycles. The summed E-state index contributed by atoms with van der Waals surface area (Å²) in [5, 5.41) is 0. The number of ether oxygens (including phenoxy) is 2. The molecule has 2 aliphatic rings. The number of nitrogens with zero attached hydrogens (tertiary/aromatic N) is 4. The van der Waals surface area contributed by atoms with Crippen molar-refractivity contribution in [2.75, 3.05) is 32.8 Å². The van der Waals surface area contributed by atoms with Gasteiger partial charge in [-0.15, -0.1) is 0 Å². The third kappa shape index (κ3) is 3.94. The molecule has 0 spiro atoms. The molecule has 4 aromatic rings. The molecule has 0 saturated carbocycles. The highest BCUT2D eigenvalue weighted by Crippen LogP contribution is 2.31. The van der Waals surface area contributed by atoms with E-state index in [1.54, 1.807) is 15.9 Å². The van der Waals surface area contributed by atoms with Gasteiger partial charge in [0, 0.05) is 37.4 Å². The lowest BCUT2D eigenvalue weighted by atomic mass is 10.1. The average Bonchev–Trinajstić information content (AvgIpc) is 3.27. The van der Waals surface area contributed by atoms with Crippen molar-refractivity contribution in [3.05, 3.63) is 84.2 Å². The predicted octanol–water partition coefficient (Wildman–Crippen LogP) is 3.46. The number of hydrogen-bond donors (Lipinski definition) is 0. The number of imidazole rings is 1. The molecule has 182 valence electrons. The number of piperazine rings is 1. The molecule has 2 aliphatic heterocycles. The summed E-state index contributed by atoms with van der Waals surface area (Å²) in [5.74, 6) is 1.93. The lowest BCUT2D eigenvalue weighted by Crippen LogP contribution is -2.55. The maximum absolute atomic E-state index is 13.3. The van der Waals surface area contributed by atoms with Gasteiger partial charge in [0.15, 0.2) is 11.5 Å². The first-order valence-electron chi connectivity index (χ1n) is 12.1. The zero-order chi connectivity index (χ0) is 24.6. The molecule has 8 heteroatoms. The van der Waals surface area contributed by atoms with Gasteiger partial charge in [0.05, 0.1) is 11.0 Å². The van der Waals surface area contributed by atoms with Crippen LogP contribution < -0.4 is 9.47 Å². The Morgan fingerprint density at radius 3 is 2.33 bits per heavy atom. The van der Waals surface area contributed by atoms with Gasteiger partial charge in [-0.2, -0.15) is 0 Å².